The fourth-order valence-corrected chi connectivity index (χ4v) is 2.35. The molecule has 2 aromatic carbocycles. The van der Waals surface area contributed by atoms with Gasteiger partial charge in [0.15, 0.2) is 0 Å². The molecule has 4 nitrogen and oxygen atoms in total. The van der Waals surface area contributed by atoms with Gasteiger partial charge < -0.3 is 10.2 Å². The molecule has 6 heteroatoms. The number of anilines is 1. The Morgan fingerprint density at radius 1 is 1.21 bits per heavy atom. The minimum atomic E-state index is -0.504. The molecule has 1 amide bonds. The van der Waals surface area contributed by atoms with Crippen molar-refractivity contribution in [3.05, 3.63) is 75.9 Å². The first-order valence-electron chi connectivity index (χ1n) is 7.12. The van der Waals surface area contributed by atoms with Gasteiger partial charge in [-0.25, -0.2) is 0 Å². The number of carbonyl (C=O) groups excluding carboxylic acids is 1. The highest BCUT2D eigenvalue weighted by atomic mass is 35.5. The van der Waals surface area contributed by atoms with E-state index in [0.717, 1.165) is 5.56 Å². The predicted molar refractivity (Wildman–Crippen MR) is 96.7 cm³/mol. The number of nitriles is 1. The van der Waals surface area contributed by atoms with E-state index in [1.165, 1.54) is 12.3 Å². The van der Waals surface area contributed by atoms with E-state index in [4.69, 9.17) is 23.2 Å². The van der Waals surface area contributed by atoms with Crippen molar-refractivity contribution in [1.82, 2.24) is 4.90 Å². The minimum Gasteiger partial charge on any atom is -0.375 e. The van der Waals surface area contributed by atoms with Crippen LogP contribution in [0.5, 0.6) is 0 Å². The molecule has 0 heterocycles. The van der Waals surface area contributed by atoms with Gasteiger partial charge in [0, 0.05) is 25.5 Å². The molecule has 0 unspecified atom stereocenters. The Balaban J connectivity index is 2.07. The van der Waals surface area contributed by atoms with Crippen LogP contribution in [0.25, 0.3) is 0 Å². The SMILES string of the molecule is CN(/C=C(/C#N)C(=O)Nc1ccc(Cl)c(Cl)c1)Cc1ccccc1. The number of nitrogens with zero attached hydrogens (tertiary/aromatic N) is 2. The molecule has 0 radical (unpaired) electrons. The standard InChI is InChI=1S/C18H15Cl2N3O/c1-23(11-13-5-3-2-4-6-13)12-14(10-21)18(24)22-15-7-8-16(19)17(20)9-15/h2-9,12H,11H2,1H3,(H,22,24)/b14-12-. The summed E-state index contributed by atoms with van der Waals surface area (Å²) in [4.78, 5) is 14.0. The van der Waals surface area contributed by atoms with Gasteiger partial charge in [-0.15, -0.1) is 0 Å². The highest BCUT2D eigenvalue weighted by Crippen LogP contribution is 2.25. The van der Waals surface area contributed by atoms with E-state index in [2.05, 4.69) is 5.32 Å². The van der Waals surface area contributed by atoms with Crippen LogP contribution in [0.3, 0.4) is 0 Å². The molecular formula is C18H15Cl2N3O. The molecular weight excluding hydrogens is 345 g/mol. The van der Waals surface area contributed by atoms with Gasteiger partial charge in [0.05, 0.1) is 10.0 Å². The summed E-state index contributed by atoms with van der Waals surface area (Å²) in [6.45, 7) is 0.589. The lowest BCUT2D eigenvalue weighted by Gasteiger charge is -2.15. The third-order valence-corrected chi connectivity index (χ3v) is 3.91. The van der Waals surface area contributed by atoms with E-state index >= 15 is 0 Å². The molecule has 0 saturated carbocycles. The van der Waals surface area contributed by atoms with Gasteiger partial charge in [-0.1, -0.05) is 53.5 Å². The molecule has 0 saturated heterocycles. The maximum Gasteiger partial charge on any atom is 0.267 e. The molecule has 0 fully saturated rings. The number of hydrogen-bond donors (Lipinski definition) is 1. The summed E-state index contributed by atoms with van der Waals surface area (Å²) in [6, 6.07) is 16.4. The fraction of sp³-hybridized carbons (Fsp3) is 0.111. The van der Waals surface area contributed by atoms with Crippen molar-refractivity contribution in [3.63, 3.8) is 0 Å². The van der Waals surface area contributed by atoms with E-state index in [1.807, 2.05) is 36.4 Å². The third-order valence-electron chi connectivity index (χ3n) is 3.17. The Kier molecular flexibility index (Phi) is 6.25. The zero-order chi connectivity index (χ0) is 17.5. The highest BCUT2D eigenvalue weighted by Gasteiger charge is 2.11. The Labute approximate surface area is 150 Å². The smallest absolute Gasteiger partial charge is 0.267 e. The summed E-state index contributed by atoms with van der Waals surface area (Å²) < 4.78 is 0. The Morgan fingerprint density at radius 3 is 2.54 bits per heavy atom. The van der Waals surface area contributed by atoms with Crippen molar-refractivity contribution in [3.8, 4) is 6.07 Å². The molecule has 0 atom stereocenters. The van der Waals surface area contributed by atoms with Gasteiger partial charge in [0.2, 0.25) is 0 Å². The lowest BCUT2D eigenvalue weighted by Crippen LogP contribution is -2.18. The number of benzene rings is 2. The zero-order valence-electron chi connectivity index (χ0n) is 13.0. The maximum atomic E-state index is 12.2. The van der Waals surface area contributed by atoms with Crippen molar-refractivity contribution in [2.24, 2.45) is 0 Å². The average molecular weight is 360 g/mol. The molecule has 0 spiro atoms. The molecule has 24 heavy (non-hydrogen) atoms. The van der Waals surface area contributed by atoms with Crippen LogP contribution < -0.4 is 5.32 Å². The highest BCUT2D eigenvalue weighted by molar-refractivity contribution is 6.42. The van der Waals surface area contributed by atoms with Crippen LogP contribution in [0.4, 0.5) is 5.69 Å². The molecule has 122 valence electrons. The van der Waals surface area contributed by atoms with Crippen molar-refractivity contribution >= 4 is 34.8 Å². The molecule has 0 aliphatic rings. The minimum absolute atomic E-state index is 0.000460. The summed E-state index contributed by atoms with van der Waals surface area (Å²) >= 11 is 11.8. The van der Waals surface area contributed by atoms with Crippen LogP contribution in [-0.4, -0.2) is 17.9 Å². The lowest BCUT2D eigenvalue weighted by molar-refractivity contribution is -0.112. The first-order chi connectivity index (χ1) is 11.5. The van der Waals surface area contributed by atoms with E-state index in [1.54, 1.807) is 24.1 Å². The van der Waals surface area contributed by atoms with Gasteiger partial charge in [-0.2, -0.15) is 5.26 Å². The van der Waals surface area contributed by atoms with E-state index in [-0.39, 0.29) is 5.57 Å². The first kappa shape index (κ1) is 17.9. The van der Waals surface area contributed by atoms with E-state index in [9.17, 15) is 10.1 Å². The molecule has 1 N–H and O–H groups in total. The van der Waals surface area contributed by atoms with Crippen molar-refractivity contribution in [1.29, 1.82) is 5.26 Å². The van der Waals surface area contributed by atoms with Gasteiger partial charge in [-0.05, 0) is 23.8 Å². The van der Waals surface area contributed by atoms with E-state index in [0.29, 0.717) is 22.3 Å². The fourth-order valence-electron chi connectivity index (χ4n) is 2.05. The van der Waals surface area contributed by atoms with Crippen LogP contribution in [0.1, 0.15) is 5.56 Å². The van der Waals surface area contributed by atoms with Gasteiger partial charge >= 0.3 is 0 Å². The second-order valence-corrected chi connectivity index (χ2v) is 5.95. The van der Waals surface area contributed by atoms with Gasteiger partial charge in [-0.3, -0.25) is 4.79 Å². The number of rotatable bonds is 5. The van der Waals surface area contributed by atoms with E-state index < -0.39 is 5.91 Å². The van der Waals surface area contributed by atoms with Crippen molar-refractivity contribution in [2.45, 2.75) is 6.54 Å². The summed E-state index contributed by atoms with van der Waals surface area (Å²) in [5.41, 5.74) is 1.55. The monoisotopic (exact) mass is 359 g/mol. The van der Waals surface area contributed by atoms with Crippen LogP contribution in [-0.2, 0) is 11.3 Å². The number of carbonyl (C=O) groups is 1. The topological polar surface area (TPSA) is 56.1 Å². The number of nitrogens with one attached hydrogen (secondary N) is 1. The van der Waals surface area contributed by atoms with Crippen LogP contribution >= 0.6 is 23.2 Å². The summed E-state index contributed by atoms with van der Waals surface area (Å²) in [7, 11) is 1.80. The van der Waals surface area contributed by atoms with Crippen molar-refractivity contribution in [2.75, 3.05) is 12.4 Å². The molecule has 0 aromatic heterocycles. The molecule has 0 bridgehead atoms. The first-order valence-corrected chi connectivity index (χ1v) is 7.87. The molecule has 0 aliphatic heterocycles. The number of hydrogen-bond acceptors (Lipinski definition) is 3. The van der Waals surface area contributed by atoms with Crippen LogP contribution in [0.2, 0.25) is 10.0 Å². The molecule has 2 rings (SSSR count). The Hall–Kier alpha value is -2.48. The van der Waals surface area contributed by atoms with Crippen molar-refractivity contribution < 1.29 is 4.79 Å². The quantitative estimate of drug-likeness (QED) is 0.632. The second kappa shape index (κ2) is 8.39. The zero-order valence-corrected chi connectivity index (χ0v) is 14.5. The summed E-state index contributed by atoms with van der Waals surface area (Å²) in [6.07, 6.45) is 1.51. The lowest BCUT2D eigenvalue weighted by atomic mass is 10.2. The molecule has 0 aliphatic carbocycles. The largest absolute Gasteiger partial charge is 0.375 e. The van der Waals surface area contributed by atoms with Gasteiger partial charge in [0.1, 0.15) is 11.6 Å². The Bertz CT molecular complexity index is 798. The third kappa shape index (κ3) is 5.02. The predicted octanol–water partition coefficient (Wildman–Crippen LogP) is 4.47. The number of halogens is 2. The van der Waals surface area contributed by atoms with Crippen LogP contribution in [0.15, 0.2) is 60.3 Å². The summed E-state index contributed by atoms with van der Waals surface area (Å²) in [5.74, 6) is -0.504. The van der Waals surface area contributed by atoms with Gasteiger partial charge in [0.25, 0.3) is 5.91 Å². The summed E-state index contributed by atoms with van der Waals surface area (Å²) in [5, 5.41) is 12.6. The number of amides is 1. The maximum absolute atomic E-state index is 12.2. The average Bonchev–Trinajstić information content (AvgIpc) is 2.57. The molecule has 2 aromatic rings. The van der Waals surface area contributed by atoms with Crippen LogP contribution in [0, 0.1) is 11.3 Å². The normalized spacial score (nSPS) is 10.8. The second-order valence-electron chi connectivity index (χ2n) is 5.14. The Morgan fingerprint density at radius 2 is 1.92 bits per heavy atom.